The lowest BCUT2D eigenvalue weighted by molar-refractivity contribution is 0.0919. The van der Waals surface area contributed by atoms with Crippen LogP contribution in [0.25, 0.3) is 0 Å². The monoisotopic (exact) mass is 234 g/mol. The zero-order valence-electron chi connectivity index (χ0n) is 10.4. The Hall–Kier alpha value is -0.860. The number of ether oxygens (including phenoxy) is 2. The highest BCUT2D eigenvalue weighted by atomic mass is 16.5. The molecule has 1 aliphatic rings. The third kappa shape index (κ3) is 5.85. The zero-order chi connectivity index (χ0) is 11.8. The van der Waals surface area contributed by atoms with Gasteiger partial charge in [-0.3, -0.25) is 0 Å². The average Bonchev–Trinajstić information content (AvgIpc) is 3.18. The predicted octanol–water partition coefficient (Wildman–Crippen LogP) is 3.41. The summed E-state index contributed by atoms with van der Waals surface area (Å²) in [5, 5.41) is 0. The fourth-order valence-electron chi connectivity index (χ4n) is 1.71. The van der Waals surface area contributed by atoms with Gasteiger partial charge in [0.2, 0.25) is 0 Å². The van der Waals surface area contributed by atoms with Crippen LogP contribution in [-0.4, -0.2) is 19.8 Å². The summed E-state index contributed by atoms with van der Waals surface area (Å²) in [6.45, 7) is 3.43. The molecule has 0 unspecified atom stereocenters. The molecule has 2 heteroatoms. The van der Waals surface area contributed by atoms with Gasteiger partial charge >= 0.3 is 0 Å². The Kier molecular flexibility index (Phi) is 5.53. The molecule has 0 atom stereocenters. The van der Waals surface area contributed by atoms with Crippen molar-refractivity contribution in [2.24, 2.45) is 5.92 Å². The van der Waals surface area contributed by atoms with Crippen molar-refractivity contribution >= 4 is 0 Å². The predicted molar refractivity (Wildman–Crippen MR) is 68.9 cm³/mol. The standard InChI is InChI=1S/C15H22O2/c1-2-6-14(7-3-1)12-16-10-4-5-11-17-13-15-8-9-15/h1-3,6-7,15H,4-5,8-13H2. The molecule has 1 saturated carbocycles. The first-order valence-corrected chi connectivity index (χ1v) is 6.64. The van der Waals surface area contributed by atoms with Gasteiger partial charge in [0.25, 0.3) is 0 Å². The van der Waals surface area contributed by atoms with Crippen LogP contribution >= 0.6 is 0 Å². The maximum Gasteiger partial charge on any atom is 0.0716 e. The van der Waals surface area contributed by atoms with Gasteiger partial charge in [0.05, 0.1) is 6.61 Å². The molecule has 94 valence electrons. The Morgan fingerprint density at radius 1 is 0.941 bits per heavy atom. The van der Waals surface area contributed by atoms with E-state index in [1.807, 2.05) is 18.2 Å². The third-order valence-electron chi connectivity index (χ3n) is 2.99. The van der Waals surface area contributed by atoms with Crippen LogP contribution in [0.3, 0.4) is 0 Å². The van der Waals surface area contributed by atoms with Crippen molar-refractivity contribution in [2.45, 2.75) is 32.3 Å². The van der Waals surface area contributed by atoms with E-state index in [1.54, 1.807) is 0 Å². The number of hydrogen-bond donors (Lipinski definition) is 0. The second-order valence-electron chi connectivity index (χ2n) is 4.76. The normalized spacial score (nSPS) is 15.1. The maximum absolute atomic E-state index is 5.60. The van der Waals surface area contributed by atoms with Gasteiger partial charge in [0.15, 0.2) is 0 Å². The summed E-state index contributed by atoms with van der Waals surface area (Å²) in [4.78, 5) is 0. The summed E-state index contributed by atoms with van der Waals surface area (Å²) >= 11 is 0. The van der Waals surface area contributed by atoms with E-state index in [0.717, 1.165) is 45.2 Å². The molecule has 1 fully saturated rings. The lowest BCUT2D eigenvalue weighted by Crippen LogP contribution is -2.01. The topological polar surface area (TPSA) is 18.5 Å². The lowest BCUT2D eigenvalue weighted by Gasteiger charge is -2.05. The molecule has 0 spiro atoms. The summed E-state index contributed by atoms with van der Waals surface area (Å²) in [6, 6.07) is 10.3. The molecule has 0 N–H and O–H groups in total. The Balaban J connectivity index is 1.38. The molecule has 1 aliphatic carbocycles. The van der Waals surface area contributed by atoms with E-state index in [-0.39, 0.29) is 0 Å². The summed E-state index contributed by atoms with van der Waals surface area (Å²) < 4.78 is 11.2. The molecule has 0 aromatic heterocycles. The number of benzene rings is 1. The maximum atomic E-state index is 5.60. The highest BCUT2D eigenvalue weighted by Gasteiger charge is 2.20. The minimum Gasteiger partial charge on any atom is -0.381 e. The molecule has 2 nitrogen and oxygen atoms in total. The van der Waals surface area contributed by atoms with Crippen molar-refractivity contribution < 1.29 is 9.47 Å². The molecular formula is C15H22O2. The molecule has 2 rings (SSSR count). The van der Waals surface area contributed by atoms with E-state index in [4.69, 9.17) is 9.47 Å². The molecule has 1 aromatic carbocycles. The molecule has 0 amide bonds. The van der Waals surface area contributed by atoms with Crippen molar-refractivity contribution in [3.8, 4) is 0 Å². The van der Waals surface area contributed by atoms with Gasteiger partial charge in [-0.2, -0.15) is 0 Å². The van der Waals surface area contributed by atoms with Crippen LogP contribution in [0.15, 0.2) is 30.3 Å². The van der Waals surface area contributed by atoms with Crippen molar-refractivity contribution in [1.29, 1.82) is 0 Å². The van der Waals surface area contributed by atoms with Crippen LogP contribution in [0, 0.1) is 5.92 Å². The van der Waals surface area contributed by atoms with E-state index in [9.17, 15) is 0 Å². The van der Waals surface area contributed by atoms with Crippen LogP contribution in [-0.2, 0) is 16.1 Å². The molecule has 0 saturated heterocycles. The van der Waals surface area contributed by atoms with Gasteiger partial charge in [0, 0.05) is 19.8 Å². The van der Waals surface area contributed by atoms with Gasteiger partial charge in [-0.1, -0.05) is 30.3 Å². The van der Waals surface area contributed by atoms with E-state index < -0.39 is 0 Å². The van der Waals surface area contributed by atoms with E-state index in [0.29, 0.717) is 0 Å². The van der Waals surface area contributed by atoms with Gasteiger partial charge in [-0.05, 0) is 37.2 Å². The summed E-state index contributed by atoms with van der Waals surface area (Å²) in [6.07, 6.45) is 4.96. The highest BCUT2D eigenvalue weighted by Crippen LogP contribution is 2.28. The van der Waals surface area contributed by atoms with Gasteiger partial charge < -0.3 is 9.47 Å². The van der Waals surface area contributed by atoms with Crippen molar-refractivity contribution in [1.82, 2.24) is 0 Å². The Bertz CT molecular complexity index is 293. The summed E-state index contributed by atoms with van der Waals surface area (Å²) in [7, 11) is 0. The van der Waals surface area contributed by atoms with Crippen LogP contribution in [0.1, 0.15) is 31.2 Å². The zero-order valence-corrected chi connectivity index (χ0v) is 10.4. The summed E-state index contributed by atoms with van der Waals surface area (Å²) in [5.41, 5.74) is 1.25. The number of rotatable bonds is 9. The molecular weight excluding hydrogens is 212 g/mol. The van der Waals surface area contributed by atoms with E-state index in [1.165, 1.54) is 18.4 Å². The molecule has 0 radical (unpaired) electrons. The minimum atomic E-state index is 0.726. The largest absolute Gasteiger partial charge is 0.381 e. The molecule has 0 heterocycles. The average molecular weight is 234 g/mol. The minimum absolute atomic E-state index is 0.726. The lowest BCUT2D eigenvalue weighted by atomic mass is 10.2. The van der Waals surface area contributed by atoms with Crippen molar-refractivity contribution in [3.05, 3.63) is 35.9 Å². The first kappa shape index (κ1) is 12.6. The molecule has 1 aromatic rings. The molecule has 17 heavy (non-hydrogen) atoms. The first-order chi connectivity index (χ1) is 8.45. The Labute approximate surface area is 104 Å². The fraction of sp³-hybridized carbons (Fsp3) is 0.600. The van der Waals surface area contributed by atoms with Crippen LogP contribution < -0.4 is 0 Å². The van der Waals surface area contributed by atoms with Gasteiger partial charge in [-0.25, -0.2) is 0 Å². The second-order valence-corrected chi connectivity index (χ2v) is 4.76. The SMILES string of the molecule is c1ccc(COCCCCOCC2CC2)cc1. The van der Waals surface area contributed by atoms with Crippen molar-refractivity contribution in [2.75, 3.05) is 19.8 Å². The highest BCUT2D eigenvalue weighted by molar-refractivity contribution is 5.13. The Morgan fingerprint density at radius 2 is 1.65 bits per heavy atom. The third-order valence-corrected chi connectivity index (χ3v) is 2.99. The van der Waals surface area contributed by atoms with Crippen molar-refractivity contribution in [3.63, 3.8) is 0 Å². The van der Waals surface area contributed by atoms with E-state index >= 15 is 0 Å². The van der Waals surface area contributed by atoms with Gasteiger partial charge in [0.1, 0.15) is 0 Å². The first-order valence-electron chi connectivity index (χ1n) is 6.64. The molecule has 0 aliphatic heterocycles. The summed E-state index contributed by atoms with van der Waals surface area (Å²) in [5.74, 6) is 0.879. The second kappa shape index (κ2) is 7.46. The van der Waals surface area contributed by atoms with Gasteiger partial charge in [-0.15, -0.1) is 0 Å². The smallest absolute Gasteiger partial charge is 0.0716 e. The van der Waals surface area contributed by atoms with Crippen LogP contribution in [0.5, 0.6) is 0 Å². The fourth-order valence-corrected chi connectivity index (χ4v) is 1.71. The Morgan fingerprint density at radius 3 is 2.35 bits per heavy atom. The quantitative estimate of drug-likeness (QED) is 0.610. The van der Waals surface area contributed by atoms with E-state index in [2.05, 4.69) is 12.1 Å². The molecule has 0 bridgehead atoms. The number of hydrogen-bond acceptors (Lipinski definition) is 2. The van der Waals surface area contributed by atoms with Crippen LogP contribution in [0.4, 0.5) is 0 Å². The van der Waals surface area contributed by atoms with Crippen LogP contribution in [0.2, 0.25) is 0 Å². The number of unbranched alkanes of at least 4 members (excludes halogenated alkanes) is 1.